The van der Waals surface area contributed by atoms with Crippen molar-refractivity contribution < 1.29 is 14.3 Å². The maximum absolute atomic E-state index is 12.0. The Hall–Kier alpha value is -0.650. The molecule has 5 heteroatoms. The molecule has 154 valence electrons. The van der Waals surface area contributed by atoms with Crippen molar-refractivity contribution in [2.45, 2.75) is 73.3 Å². The van der Waals surface area contributed by atoms with Crippen LogP contribution in [0.25, 0.3) is 0 Å². The zero-order chi connectivity index (χ0) is 19.6. The minimum absolute atomic E-state index is 0.0740. The molecule has 1 amide bonds. The van der Waals surface area contributed by atoms with Gasteiger partial charge >= 0.3 is 0 Å². The van der Waals surface area contributed by atoms with E-state index >= 15 is 0 Å². The van der Waals surface area contributed by atoms with Crippen molar-refractivity contribution in [3.8, 4) is 0 Å². The summed E-state index contributed by atoms with van der Waals surface area (Å²) >= 11 is 0. The summed E-state index contributed by atoms with van der Waals surface area (Å²) in [4.78, 5) is 14.3. The molecule has 0 spiro atoms. The van der Waals surface area contributed by atoms with Crippen molar-refractivity contribution in [2.75, 3.05) is 46.0 Å². The van der Waals surface area contributed by atoms with Gasteiger partial charge in [-0.1, -0.05) is 48.0 Å². The average Bonchev–Trinajstić information content (AvgIpc) is 2.55. The van der Waals surface area contributed by atoms with Gasteiger partial charge in [0.05, 0.1) is 19.3 Å². The molecule has 1 saturated heterocycles. The van der Waals surface area contributed by atoms with E-state index in [0.29, 0.717) is 12.0 Å². The SMILES string of the molecule is CCCC(C)(C)CCCOCCN1CCOC(CNC(=O)C(C)(C)C)C1. The van der Waals surface area contributed by atoms with Crippen LogP contribution in [0.1, 0.15) is 67.2 Å². The van der Waals surface area contributed by atoms with Crippen LogP contribution >= 0.6 is 0 Å². The highest BCUT2D eigenvalue weighted by molar-refractivity contribution is 5.81. The summed E-state index contributed by atoms with van der Waals surface area (Å²) in [5.41, 5.74) is 0.0842. The van der Waals surface area contributed by atoms with Crippen LogP contribution in [-0.4, -0.2) is 62.9 Å². The van der Waals surface area contributed by atoms with Gasteiger partial charge in [-0.15, -0.1) is 0 Å². The number of morpholine rings is 1. The summed E-state index contributed by atoms with van der Waals surface area (Å²) < 4.78 is 11.6. The number of hydrogen-bond donors (Lipinski definition) is 1. The van der Waals surface area contributed by atoms with Gasteiger partial charge in [0.15, 0.2) is 0 Å². The summed E-state index contributed by atoms with van der Waals surface area (Å²) in [6.07, 6.45) is 4.98. The van der Waals surface area contributed by atoms with Crippen LogP contribution in [0, 0.1) is 10.8 Å². The molecule has 1 fully saturated rings. The van der Waals surface area contributed by atoms with Crippen LogP contribution in [0.3, 0.4) is 0 Å². The molecule has 0 aromatic carbocycles. The third-order valence-electron chi connectivity index (χ3n) is 5.02. The first-order valence-electron chi connectivity index (χ1n) is 10.3. The maximum atomic E-state index is 12.0. The lowest BCUT2D eigenvalue weighted by atomic mass is 9.83. The van der Waals surface area contributed by atoms with Crippen LogP contribution in [0.4, 0.5) is 0 Å². The van der Waals surface area contributed by atoms with Gasteiger partial charge in [-0.05, 0) is 24.7 Å². The Labute approximate surface area is 161 Å². The van der Waals surface area contributed by atoms with Crippen LogP contribution < -0.4 is 5.32 Å². The van der Waals surface area contributed by atoms with E-state index in [-0.39, 0.29) is 17.4 Å². The van der Waals surface area contributed by atoms with Gasteiger partial charge in [0.1, 0.15) is 0 Å². The predicted molar refractivity (Wildman–Crippen MR) is 107 cm³/mol. The monoisotopic (exact) mass is 370 g/mol. The van der Waals surface area contributed by atoms with Crippen LogP contribution in [0.5, 0.6) is 0 Å². The van der Waals surface area contributed by atoms with Crippen LogP contribution in [0.2, 0.25) is 0 Å². The molecule has 0 aromatic heterocycles. The van der Waals surface area contributed by atoms with E-state index in [0.717, 1.165) is 45.9 Å². The van der Waals surface area contributed by atoms with Gasteiger partial charge in [-0.25, -0.2) is 0 Å². The number of rotatable bonds is 11. The molecule has 0 saturated carbocycles. The summed E-state index contributed by atoms with van der Waals surface area (Å²) in [6.45, 7) is 18.4. The van der Waals surface area contributed by atoms with E-state index in [9.17, 15) is 4.79 Å². The second-order valence-electron chi connectivity index (χ2n) is 9.38. The van der Waals surface area contributed by atoms with E-state index in [2.05, 4.69) is 31.0 Å². The Morgan fingerprint density at radius 3 is 2.58 bits per heavy atom. The highest BCUT2D eigenvalue weighted by Gasteiger charge is 2.24. The Kier molecular flexibility index (Phi) is 10.1. The molecule has 0 aliphatic carbocycles. The standard InChI is InChI=1S/C21H42N2O3/c1-7-9-21(5,6)10-8-13-25-14-11-23-12-15-26-18(17-23)16-22-19(24)20(2,3)4/h18H,7-17H2,1-6H3,(H,22,24). The first-order chi connectivity index (χ1) is 12.1. The number of amides is 1. The van der Waals surface area contributed by atoms with Crippen molar-refractivity contribution in [3.05, 3.63) is 0 Å². The summed E-state index contributed by atoms with van der Waals surface area (Å²) in [5.74, 6) is 0.0764. The number of nitrogens with zero attached hydrogens (tertiary/aromatic N) is 1. The first-order valence-corrected chi connectivity index (χ1v) is 10.3. The number of hydrogen-bond acceptors (Lipinski definition) is 4. The molecule has 1 unspecified atom stereocenters. The van der Waals surface area contributed by atoms with Crippen molar-refractivity contribution in [1.29, 1.82) is 0 Å². The lowest BCUT2D eigenvalue weighted by Gasteiger charge is -2.33. The summed E-state index contributed by atoms with van der Waals surface area (Å²) in [5, 5.41) is 3.00. The second kappa shape index (κ2) is 11.3. The molecular formula is C21H42N2O3. The molecule has 26 heavy (non-hydrogen) atoms. The van der Waals surface area contributed by atoms with Gasteiger partial charge in [-0.3, -0.25) is 9.69 Å². The molecule has 1 heterocycles. The van der Waals surface area contributed by atoms with Gasteiger partial charge in [0.25, 0.3) is 0 Å². The molecule has 5 nitrogen and oxygen atoms in total. The normalized spacial score (nSPS) is 19.5. The van der Waals surface area contributed by atoms with E-state index < -0.39 is 0 Å². The van der Waals surface area contributed by atoms with Gasteiger partial charge < -0.3 is 14.8 Å². The Morgan fingerprint density at radius 1 is 1.19 bits per heavy atom. The van der Waals surface area contributed by atoms with Crippen LogP contribution in [0.15, 0.2) is 0 Å². The number of carbonyl (C=O) groups is 1. The highest BCUT2D eigenvalue weighted by atomic mass is 16.5. The molecule has 1 rings (SSSR count). The van der Waals surface area contributed by atoms with Crippen molar-refractivity contribution in [2.24, 2.45) is 10.8 Å². The van der Waals surface area contributed by atoms with Gasteiger partial charge in [-0.2, -0.15) is 0 Å². The molecule has 1 aliphatic heterocycles. The predicted octanol–water partition coefficient (Wildman–Crippen LogP) is 3.47. The lowest BCUT2D eigenvalue weighted by molar-refractivity contribution is -0.129. The fourth-order valence-corrected chi connectivity index (χ4v) is 3.33. The molecule has 1 aliphatic rings. The Bertz CT molecular complexity index is 405. The van der Waals surface area contributed by atoms with Gasteiger partial charge in [0, 0.05) is 38.2 Å². The maximum Gasteiger partial charge on any atom is 0.225 e. The molecule has 0 aromatic rings. The van der Waals surface area contributed by atoms with Gasteiger partial charge in [0.2, 0.25) is 5.91 Å². The smallest absolute Gasteiger partial charge is 0.225 e. The highest BCUT2D eigenvalue weighted by Crippen LogP contribution is 2.27. The third-order valence-corrected chi connectivity index (χ3v) is 5.02. The van der Waals surface area contributed by atoms with E-state index in [1.807, 2.05) is 20.8 Å². The molecule has 1 atom stereocenters. The Morgan fingerprint density at radius 2 is 1.92 bits per heavy atom. The minimum Gasteiger partial charge on any atom is -0.380 e. The zero-order valence-corrected chi connectivity index (χ0v) is 18.0. The summed E-state index contributed by atoms with van der Waals surface area (Å²) in [7, 11) is 0. The fraction of sp³-hybridized carbons (Fsp3) is 0.952. The number of carbonyl (C=O) groups excluding carboxylic acids is 1. The lowest BCUT2D eigenvalue weighted by Crippen LogP contribution is -2.49. The topological polar surface area (TPSA) is 50.8 Å². The quantitative estimate of drug-likeness (QED) is 0.566. The molecule has 0 radical (unpaired) electrons. The van der Waals surface area contributed by atoms with Crippen LogP contribution in [-0.2, 0) is 14.3 Å². The van der Waals surface area contributed by atoms with E-state index in [1.54, 1.807) is 0 Å². The van der Waals surface area contributed by atoms with E-state index in [4.69, 9.17) is 9.47 Å². The van der Waals surface area contributed by atoms with Crippen molar-refractivity contribution >= 4 is 5.91 Å². The number of ether oxygens (including phenoxy) is 2. The second-order valence-corrected chi connectivity index (χ2v) is 9.38. The summed E-state index contributed by atoms with van der Waals surface area (Å²) in [6, 6.07) is 0. The average molecular weight is 371 g/mol. The molecule has 1 N–H and O–H groups in total. The minimum atomic E-state index is -0.353. The molecular weight excluding hydrogens is 328 g/mol. The third kappa shape index (κ3) is 9.89. The fourth-order valence-electron chi connectivity index (χ4n) is 3.33. The van der Waals surface area contributed by atoms with E-state index in [1.165, 1.54) is 19.3 Å². The number of nitrogens with one attached hydrogen (secondary N) is 1. The van der Waals surface area contributed by atoms with Crippen molar-refractivity contribution in [3.63, 3.8) is 0 Å². The Balaban J connectivity index is 2.13. The zero-order valence-electron chi connectivity index (χ0n) is 18.0. The largest absolute Gasteiger partial charge is 0.380 e. The first kappa shape index (κ1) is 23.4. The molecule has 0 bridgehead atoms. The van der Waals surface area contributed by atoms with Crippen molar-refractivity contribution in [1.82, 2.24) is 10.2 Å².